The van der Waals surface area contributed by atoms with Crippen LogP contribution < -0.4 is 5.32 Å². The monoisotopic (exact) mass is 379 g/mol. The molecule has 28 heavy (non-hydrogen) atoms. The topological polar surface area (TPSA) is 69.7 Å². The Morgan fingerprint density at radius 3 is 2.18 bits per heavy atom. The normalized spacial score (nSPS) is 13.2. The van der Waals surface area contributed by atoms with E-state index in [4.69, 9.17) is 0 Å². The SMILES string of the molecule is CCN(CC)Cc1ccc(CNC(=O)c2ccc3c(c2)C(=O)N(C)C3=O)cc1. The van der Waals surface area contributed by atoms with E-state index in [1.807, 2.05) is 12.1 Å². The Labute approximate surface area is 165 Å². The average molecular weight is 379 g/mol. The lowest BCUT2D eigenvalue weighted by atomic mass is 10.1. The highest BCUT2D eigenvalue weighted by Crippen LogP contribution is 2.22. The van der Waals surface area contributed by atoms with Crippen LogP contribution in [0.1, 0.15) is 56.0 Å². The second kappa shape index (κ2) is 8.35. The van der Waals surface area contributed by atoms with E-state index in [-0.39, 0.29) is 23.3 Å². The van der Waals surface area contributed by atoms with E-state index < -0.39 is 0 Å². The van der Waals surface area contributed by atoms with Crippen LogP contribution in [0.5, 0.6) is 0 Å². The number of hydrogen-bond acceptors (Lipinski definition) is 4. The van der Waals surface area contributed by atoms with Gasteiger partial charge in [-0.25, -0.2) is 0 Å². The maximum absolute atomic E-state index is 12.5. The van der Waals surface area contributed by atoms with Crippen LogP contribution in [0.25, 0.3) is 0 Å². The molecular weight excluding hydrogens is 354 g/mol. The van der Waals surface area contributed by atoms with Gasteiger partial charge in [0.15, 0.2) is 0 Å². The number of carbonyl (C=O) groups excluding carboxylic acids is 3. The molecular formula is C22H25N3O3. The van der Waals surface area contributed by atoms with E-state index in [2.05, 4.69) is 36.2 Å². The Bertz CT molecular complexity index is 902. The van der Waals surface area contributed by atoms with E-state index in [0.717, 1.165) is 30.1 Å². The van der Waals surface area contributed by atoms with Crippen LogP contribution >= 0.6 is 0 Å². The highest BCUT2D eigenvalue weighted by Gasteiger charge is 2.33. The lowest BCUT2D eigenvalue weighted by Gasteiger charge is -2.18. The lowest BCUT2D eigenvalue weighted by Crippen LogP contribution is -2.24. The molecule has 2 aromatic rings. The van der Waals surface area contributed by atoms with Crippen LogP contribution in [0.2, 0.25) is 0 Å². The van der Waals surface area contributed by atoms with Gasteiger partial charge in [0.2, 0.25) is 0 Å². The third kappa shape index (κ3) is 3.97. The number of fused-ring (bicyclic) bond motifs is 1. The highest BCUT2D eigenvalue weighted by atomic mass is 16.2. The minimum Gasteiger partial charge on any atom is -0.348 e. The predicted molar refractivity (Wildman–Crippen MR) is 107 cm³/mol. The van der Waals surface area contributed by atoms with Crippen molar-refractivity contribution in [2.45, 2.75) is 26.9 Å². The van der Waals surface area contributed by atoms with Crippen molar-refractivity contribution >= 4 is 17.7 Å². The summed E-state index contributed by atoms with van der Waals surface area (Å²) >= 11 is 0. The molecule has 1 N–H and O–H groups in total. The molecule has 0 bridgehead atoms. The van der Waals surface area contributed by atoms with Crippen molar-refractivity contribution in [2.75, 3.05) is 20.1 Å². The summed E-state index contributed by atoms with van der Waals surface area (Å²) in [5.74, 6) is -0.986. The molecule has 6 heteroatoms. The van der Waals surface area contributed by atoms with E-state index in [1.165, 1.54) is 24.7 Å². The van der Waals surface area contributed by atoms with E-state index in [0.29, 0.717) is 17.7 Å². The van der Waals surface area contributed by atoms with Gasteiger partial charge in [0, 0.05) is 25.7 Å². The minimum absolute atomic E-state index is 0.273. The number of hydrogen-bond donors (Lipinski definition) is 1. The number of nitrogens with zero attached hydrogens (tertiary/aromatic N) is 2. The van der Waals surface area contributed by atoms with Gasteiger partial charge < -0.3 is 5.32 Å². The summed E-state index contributed by atoms with van der Waals surface area (Å²) in [5, 5.41) is 2.87. The summed E-state index contributed by atoms with van der Waals surface area (Å²) in [6.07, 6.45) is 0. The lowest BCUT2D eigenvalue weighted by molar-refractivity contribution is 0.0693. The molecule has 0 atom stereocenters. The molecule has 0 aliphatic carbocycles. The molecule has 1 aliphatic rings. The van der Waals surface area contributed by atoms with Gasteiger partial charge >= 0.3 is 0 Å². The molecule has 146 valence electrons. The number of imide groups is 1. The Morgan fingerprint density at radius 2 is 1.54 bits per heavy atom. The van der Waals surface area contributed by atoms with Crippen LogP contribution in [0.15, 0.2) is 42.5 Å². The van der Waals surface area contributed by atoms with Crippen molar-refractivity contribution in [3.05, 3.63) is 70.3 Å². The molecule has 0 spiro atoms. The number of rotatable bonds is 7. The molecule has 6 nitrogen and oxygen atoms in total. The Balaban J connectivity index is 1.62. The largest absolute Gasteiger partial charge is 0.348 e. The highest BCUT2D eigenvalue weighted by molar-refractivity contribution is 6.21. The van der Waals surface area contributed by atoms with Gasteiger partial charge in [-0.1, -0.05) is 38.1 Å². The zero-order chi connectivity index (χ0) is 20.3. The molecule has 0 saturated carbocycles. The molecule has 3 rings (SSSR count). The fourth-order valence-electron chi connectivity index (χ4n) is 3.25. The molecule has 3 amide bonds. The third-order valence-electron chi connectivity index (χ3n) is 5.13. The van der Waals surface area contributed by atoms with Crippen LogP contribution in [-0.2, 0) is 13.1 Å². The van der Waals surface area contributed by atoms with Crippen molar-refractivity contribution in [2.24, 2.45) is 0 Å². The summed E-state index contributed by atoms with van der Waals surface area (Å²) in [6.45, 7) is 7.63. The van der Waals surface area contributed by atoms with Crippen LogP contribution in [0, 0.1) is 0 Å². The fraction of sp³-hybridized carbons (Fsp3) is 0.318. The fourth-order valence-corrected chi connectivity index (χ4v) is 3.25. The Kier molecular flexibility index (Phi) is 5.90. The maximum Gasteiger partial charge on any atom is 0.261 e. The van der Waals surface area contributed by atoms with E-state index in [1.54, 1.807) is 6.07 Å². The molecule has 0 radical (unpaired) electrons. The molecule has 2 aromatic carbocycles. The van der Waals surface area contributed by atoms with Crippen LogP contribution in [0.4, 0.5) is 0 Å². The summed E-state index contributed by atoms with van der Waals surface area (Å²) in [7, 11) is 1.44. The summed E-state index contributed by atoms with van der Waals surface area (Å²) in [4.78, 5) is 39.9. The first-order valence-electron chi connectivity index (χ1n) is 9.49. The van der Waals surface area contributed by atoms with Crippen molar-refractivity contribution in [3.63, 3.8) is 0 Å². The molecule has 1 heterocycles. The van der Waals surface area contributed by atoms with Crippen molar-refractivity contribution < 1.29 is 14.4 Å². The second-order valence-corrected chi connectivity index (χ2v) is 6.89. The smallest absolute Gasteiger partial charge is 0.261 e. The summed E-state index contributed by atoms with van der Waals surface area (Å²) < 4.78 is 0. The summed E-state index contributed by atoms with van der Waals surface area (Å²) in [6, 6.07) is 12.8. The third-order valence-corrected chi connectivity index (χ3v) is 5.13. The van der Waals surface area contributed by atoms with Gasteiger partial charge in [0.1, 0.15) is 0 Å². The first kappa shape index (κ1) is 19.8. The van der Waals surface area contributed by atoms with Crippen molar-refractivity contribution in [1.29, 1.82) is 0 Å². The average Bonchev–Trinajstić information content (AvgIpc) is 2.94. The van der Waals surface area contributed by atoms with Crippen LogP contribution in [0.3, 0.4) is 0 Å². The quantitative estimate of drug-likeness (QED) is 0.751. The number of carbonyl (C=O) groups is 3. The van der Waals surface area contributed by atoms with Crippen molar-refractivity contribution in [1.82, 2.24) is 15.1 Å². The molecule has 0 saturated heterocycles. The van der Waals surface area contributed by atoms with E-state index in [9.17, 15) is 14.4 Å². The van der Waals surface area contributed by atoms with Gasteiger partial charge in [-0.15, -0.1) is 0 Å². The van der Waals surface area contributed by atoms with Gasteiger partial charge in [0.05, 0.1) is 11.1 Å². The standard InChI is InChI=1S/C22H25N3O3/c1-4-25(5-2)14-16-8-6-15(7-9-16)13-23-20(26)17-10-11-18-19(12-17)22(28)24(3)21(18)27/h6-12H,4-5,13-14H2,1-3H3,(H,23,26). The number of amides is 3. The van der Waals surface area contributed by atoms with Crippen LogP contribution in [-0.4, -0.2) is 47.7 Å². The molecule has 0 fully saturated rings. The first-order chi connectivity index (χ1) is 13.4. The van der Waals surface area contributed by atoms with Crippen molar-refractivity contribution in [3.8, 4) is 0 Å². The van der Waals surface area contributed by atoms with Gasteiger partial charge in [-0.3, -0.25) is 24.2 Å². The minimum atomic E-state index is -0.376. The maximum atomic E-state index is 12.5. The predicted octanol–water partition coefficient (Wildman–Crippen LogP) is 2.68. The zero-order valence-corrected chi connectivity index (χ0v) is 16.5. The summed E-state index contributed by atoms with van der Waals surface area (Å²) in [5.41, 5.74) is 3.23. The zero-order valence-electron chi connectivity index (χ0n) is 16.5. The molecule has 1 aliphatic heterocycles. The Morgan fingerprint density at radius 1 is 0.929 bits per heavy atom. The molecule has 0 aromatic heterocycles. The second-order valence-electron chi connectivity index (χ2n) is 6.89. The first-order valence-corrected chi connectivity index (χ1v) is 9.49. The Hall–Kier alpha value is -2.99. The molecule has 0 unspecified atom stereocenters. The van der Waals surface area contributed by atoms with Gasteiger partial charge in [-0.05, 0) is 42.4 Å². The van der Waals surface area contributed by atoms with Gasteiger partial charge in [-0.2, -0.15) is 0 Å². The van der Waals surface area contributed by atoms with Gasteiger partial charge in [0.25, 0.3) is 17.7 Å². The number of nitrogens with one attached hydrogen (secondary N) is 1. The number of benzene rings is 2. The van der Waals surface area contributed by atoms with E-state index >= 15 is 0 Å².